The second-order valence-electron chi connectivity index (χ2n) is 17.4. The molecular formula is C57H78N4O21S. The molecule has 0 heterocycles. The molecule has 6 aromatic rings. The number of aldehydes is 1. The largest absolute Gasteiger partial charge is 0.508 e. The number of phenolic OH excluding ortho intramolecular Hbond substituents is 3. The van der Waals surface area contributed by atoms with Crippen molar-refractivity contribution in [3.63, 3.8) is 0 Å². The van der Waals surface area contributed by atoms with Gasteiger partial charge in [-0.05, 0) is 116 Å². The van der Waals surface area contributed by atoms with Gasteiger partial charge in [0.25, 0.3) is 0 Å². The van der Waals surface area contributed by atoms with Crippen molar-refractivity contribution in [3.05, 3.63) is 191 Å². The molecule has 25 nitrogen and oxygen atoms in total. The highest BCUT2D eigenvalue weighted by atomic mass is 32.3. The number of nitrogens with one attached hydrogen (secondary N) is 4. The minimum Gasteiger partial charge on any atom is -0.508 e. The van der Waals surface area contributed by atoms with E-state index < -0.39 is 65.0 Å². The SMILES string of the molecule is CNC[C@H](O)c1cccc(C)c1.CNC[C@H](O)c1cccc(O)c1.CNC[C@H](O)c1cccc(ON[C@H](C=O)CCC(=O)O)c1.O=C(O)[C@H](O)c1cccc(O)c1.O=S(=O)(O)O.OC[C@H](O)c1cccc(O)c1.OC[C@H](O)c1ccccc1. The summed E-state index contributed by atoms with van der Waals surface area (Å²) in [6.45, 7) is 2.97. The van der Waals surface area contributed by atoms with Gasteiger partial charge in [0, 0.05) is 26.1 Å². The molecule has 0 saturated heterocycles. The molecule has 458 valence electrons. The van der Waals surface area contributed by atoms with Crippen molar-refractivity contribution in [1.82, 2.24) is 21.4 Å². The number of rotatable bonds is 22. The van der Waals surface area contributed by atoms with Crippen LogP contribution in [0.15, 0.2) is 152 Å². The van der Waals surface area contributed by atoms with Crippen LogP contribution in [0.5, 0.6) is 23.0 Å². The molecule has 0 bridgehead atoms. The third kappa shape index (κ3) is 36.6. The minimum absolute atomic E-state index is 0.0622. The fourth-order valence-corrected chi connectivity index (χ4v) is 6.36. The predicted octanol–water partition coefficient (Wildman–Crippen LogP) is 3.14. The lowest BCUT2D eigenvalue weighted by molar-refractivity contribution is -0.147. The third-order valence-corrected chi connectivity index (χ3v) is 10.5. The predicted molar refractivity (Wildman–Crippen MR) is 306 cm³/mol. The highest BCUT2D eigenvalue weighted by molar-refractivity contribution is 7.79. The molecule has 19 N–H and O–H groups in total. The number of aliphatic carboxylic acids is 2. The van der Waals surface area contributed by atoms with Crippen molar-refractivity contribution in [2.75, 3.05) is 54.0 Å². The van der Waals surface area contributed by atoms with Crippen molar-refractivity contribution in [1.29, 1.82) is 0 Å². The van der Waals surface area contributed by atoms with Gasteiger partial charge < -0.3 is 92.0 Å². The minimum atomic E-state index is -4.67. The molecule has 6 aromatic carbocycles. The average molecular weight is 1190 g/mol. The average Bonchev–Trinajstić information content (AvgIpc) is 3.47. The number of phenols is 3. The van der Waals surface area contributed by atoms with Gasteiger partial charge in [-0.25, -0.2) is 4.79 Å². The number of carboxylic acid groups (broad SMARTS) is 2. The zero-order chi connectivity index (χ0) is 62.9. The molecular weight excluding hydrogens is 1110 g/mol. The molecule has 26 heteroatoms. The molecule has 0 radical (unpaired) electrons. The Balaban J connectivity index is 0.000000973. The van der Waals surface area contributed by atoms with Gasteiger partial charge in [0.05, 0.1) is 37.6 Å². The smallest absolute Gasteiger partial charge is 0.394 e. The van der Waals surface area contributed by atoms with Crippen LogP contribution < -0.4 is 26.3 Å². The lowest BCUT2D eigenvalue weighted by atomic mass is 10.1. The van der Waals surface area contributed by atoms with Crippen molar-refractivity contribution >= 4 is 28.6 Å². The van der Waals surface area contributed by atoms with Crippen LogP contribution in [0.25, 0.3) is 0 Å². The van der Waals surface area contributed by atoms with E-state index in [9.17, 15) is 29.7 Å². The zero-order valence-corrected chi connectivity index (χ0v) is 46.9. The van der Waals surface area contributed by atoms with Crippen molar-refractivity contribution in [3.8, 4) is 23.0 Å². The van der Waals surface area contributed by atoms with E-state index in [0.717, 1.165) is 16.7 Å². The Morgan fingerprint density at radius 3 is 1.27 bits per heavy atom. The normalized spacial score (nSPS) is 12.9. The first-order valence-corrected chi connectivity index (χ1v) is 26.5. The molecule has 0 aliphatic carbocycles. The Morgan fingerprint density at radius 1 is 0.518 bits per heavy atom. The second-order valence-corrected chi connectivity index (χ2v) is 18.3. The van der Waals surface area contributed by atoms with Crippen LogP contribution in [0, 0.1) is 6.92 Å². The molecule has 83 heavy (non-hydrogen) atoms. The zero-order valence-electron chi connectivity index (χ0n) is 46.1. The third-order valence-electron chi connectivity index (χ3n) is 10.5. The number of aliphatic hydroxyl groups is 8. The monoisotopic (exact) mass is 1190 g/mol. The number of carbonyl (C=O) groups excluding carboxylic acids is 1. The summed E-state index contributed by atoms with van der Waals surface area (Å²) < 4.78 is 31.6. The van der Waals surface area contributed by atoms with Gasteiger partial charge in [0.15, 0.2) is 6.10 Å². The van der Waals surface area contributed by atoms with E-state index in [1.165, 1.54) is 42.0 Å². The van der Waals surface area contributed by atoms with Gasteiger partial charge >= 0.3 is 22.3 Å². The summed E-state index contributed by atoms with van der Waals surface area (Å²) in [4.78, 5) is 36.8. The Labute approximate surface area is 481 Å². The number of aromatic hydroxyl groups is 3. The summed E-state index contributed by atoms with van der Waals surface area (Å²) in [7, 11) is 0.674. The van der Waals surface area contributed by atoms with Crippen molar-refractivity contribution < 1.29 is 103 Å². The van der Waals surface area contributed by atoms with E-state index >= 15 is 0 Å². The number of carboxylic acids is 2. The number of hydrogen-bond acceptors (Lipinski definition) is 21. The number of hydrogen-bond donors (Lipinski definition) is 19. The van der Waals surface area contributed by atoms with E-state index in [2.05, 4.69) is 21.4 Å². The molecule has 0 aliphatic heterocycles. The lowest BCUT2D eigenvalue weighted by Gasteiger charge is -2.15. The number of likely N-dealkylation sites (N-methyl/N-ethyl adjacent to an activating group) is 3. The van der Waals surface area contributed by atoms with E-state index in [-0.39, 0.29) is 48.9 Å². The van der Waals surface area contributed by atoms with Crippen LogP contribution in [0.3, 0.4) is 0 Å². The molecule has 6 rings (SSSR count). The van der Waals surface area contributed by atoms with Crippen molar-refractivity contribution in [2.24, 2.45) is 0 Å². The lowest BCUT2D eigenvalue weighted by Crippen LogP contribution is -2.34. The summed E-state index contributed by atoms with van der Waals surface area (Å²) in [5.74, 6) is -1.66. The van der Waals surface area contributed by atoms with Crippen LogP contribution in [0.2, 0.25) is 0 Å². The van der Waals surface area contributed by atoms with E-state index in [1.807, 2.05) is 56.4 Å². The summed E-state index contributed by atoms with van der Waals surface area (Å²) in [6, 6.07) is 41.4. The van der Waals surface area contributed by atoms with Crippen molar-refractivity contribution in [2.45, 2.75) is 62.4 Å². The van der Waals surface area contributed by atoms with Gasteiger partial charge in [-0.1, -0.05) is 109 Å². The van der Waals surface area contributed by atoms with Crippen LogP contribution in [-0.4, -0.2) is 162 Å². The molecule has 0 aliphatic rings. The topological polar surface area (TPSA) is 446 Å². The summed E-state index contributed by atoms with van der Waals surface area (Å²) in [5.41, 5.74) is 7.52. The highest BCUT2D eigenvalue weighted by Crippen LogP contribution is 2.21. The van der Waals surface area contributed by atoms with E-state index in [0.29, 0.717) is 42.8 Å². The molecule has 0 aromatic heterocycles. The number of carbonyl (C=O) groups is 3. The van der Waals surface area contributed by atoms with E-state index in [1.54, 1.807) is 86.9 Å². The summed E-state index contributed by atoms with van der Waals surface area (Å²) in [5, 5.41) is 126. The Kier molecular flexibility index (Phi) is 39.3. The molecule has 0 unspecified atom stereocenters. The van der Waals surface area contributed by atoms with Gasteiger partial charge in [-0.3, -0.25) is 13.9 Å². The fourth-order valence-electron chi connectivity index (χ4n) is 6.36. The van der Waals surface area contributed by atoms with Gasteiger partial charge in [-0.2, -0.15) is 8.42 Å². The first-order valence-electron chi connectivity index (χ1n) is 25.1. The molecule has 0 saturated carbocycles. The maximum atomic E-state index is 10.8. The number of aliphatic hydroxyl groups excluding tert-OH is 8. The fraction of sp³-hybridized carbons (Fsp3) is 0.316. The first-order chi connectivity index (χ1) is 39.2. The Morgan fingerprint density at radius 2 is 0.880 bits per heavy atom. The highest BCUT2D eigenvalue weighted by Gasteiger charge is 2.16. The second kappa shape index (κ2) is 43.2. The van der Waals surface area contributed by atoms with Gasteiger partial charge in [-0.15, -0.1) is 5.48 Å². The Hall–Kier alpha value is -7.48. The standard InChI is InChI=1S/C14H20N2O5.C10H15NO.C9H13NO2.C8H8O4.C8H10O3.C8H10O2.H2O4S/c1-15-8-13(18)10-3-2-4-12(7-10)21-16-11(9-17)5-6-14(19)20;1-8-4-3-5-9(6-8)10(12)7-11-2;1-10-6-9(12)7-3-2-4-8(11)5-7;9-6-3-1-2-5(4-6)7(10)8(11)12;9-5-8(11)6-2-1-3-7(10)4-6;9-6-8(10)7-4-2-1-3-5-7;1-5(2,3)4/h2-4,7,9,11,13,15-16,18H,5-6,8H2,1H3,(H,19,20);3-6,10-12H,7H2,1-2H3;2-5,9-12H,6H2,1H3;1-4,7,9-10H,(H,11,12);1-4,8-11H,5H2;1-5,8-10H,6H2;(H2,1,2,3,4)/t11-,13-;10-;9-;7-;2*8-;/m000100./s1. The van der Waals surface area contributed by atoms with Crippen LogP contribution in [-0.2, 0) is 24.8 Å². The van der Waals surface area contributed by atoms with E-state index in [4.69, 9.17) is 73.4 Å². The first kappa shape index (κ1) is 75.5. The van der Waals surface area contributed by atoms with Crippen LogP contribution in [0.1, 0.15) is 88.4 Å². The quantitative estimate of drug-likeness (QED) is 0.0264. The summed E-state index contributed by atoms with van der Waals surface area (Å²) >= 11 is 0. The Bertz CT molecular complexity index is 2780. The van der Waals surface area contributed by atoms with Gasteiger partial charge in [0.1, 0.15) is 41.5 Å². The maximum absolute atomic E-state index is 10.8. The molecule has 7 atom stereocenters. The number of benzene rings is 6. The number of hydroxylamine groups is 1. The van der Waals surface area contributed by atoms with Crippen LogP contribution in [0.4, 0.5) is 0 Å². The van der Waals surface area contributed by atoms with Gasteiger partial charge in [0.2, 0.25) is 0 Å². The maximum Gasteiger partial charge on any atom is 0.394 e. The molecule has 0 amide bonds. The molecule has 0 spiro atoms. The number of aryl methyl sites for hydroxylation is 1. The van der Waals surface area contributed by atoms with Crippen LogP contribution >= 0.6 is 0 Å². The molecule has 0 fully saturated rings. The summed E-state index contributed by atoms with van der Waals surface area (Å²) in [6.07, 6.45) is -4.20.